The van der Waals surface area contributed by atoms with Crippen LogP contribution >= 0.6 is 0 Å². The van der Waals surface area contributed by atoms with Crippen LogP contribution < -0.4 is 10.0 Å². The monoisotopic (exact) mass is 349 g/mol. The molecule has 1 saturated heterocycles. The summed E-state index contributed by atoms with van der Waals surface area (Å²) < 4.78 is 27.5. The molecule has 2 amide bonds. The molecule has 1 aromatic carbocycles. The summed E-state index contributed by atoms with van der Waals surface area (Å²) in [7, 11) is -3.58. The molecule has 0 saturated carbocycles. The summed E-state index contributed by atoms with van der Waals surface area (Å²) in [6.07, 6.45) is 4.53. The van der Waals surface area contributed by atoms with E-state index in [1.54, 1.807) is 41.4 Å². The van der Waals surface area contributed by atoms with Crippen molar-refractivity contribution in [1.82, 2.24) is 19.8 Å². The zero-order valence-corrected chi connectivity index (χ0v) is 13.8. The quantitative estimate of drug-likeness (QED) is 0.775. The average molecular weight is 349 g/mol. The molecule has 0 bridgehead atoms. The fourth-order valence-electron chi connectivity index (χ4n) is 2.67. The van der Waals surface area contributed by atoms with E-state index in [9.17, 15) is 13.2 Å². The van der Waals surface area contributed by atoms with Crippen LogP contribution in [0.5, 0.6) is 0 Å². The topological polar surface area (TPSA) is 107 Å². The molecule has 3 rings (SSSR count). The summed E-state index contributed by atoms with van der Waals surface area (Å²) in [6.45, 7) is 0.920. The Hall–Kier alpha value is -2.39. The number of carbonyl (C=O) groups excluding carboxylic acids is 1. The molecule has 0 aliphatic carbocycles. The van der Waals surface area contributed by atoms with Crippen molar-refractivity contribution in [2.24, 2.45) is 0 Å². The van der Waals surface area contributed by atoms with E-state index >= 15 is 0 Å². The molecule has 24 heavy (non-hydrogen) atoms. The van der Waals surface area contributed by atoms with Gasteiger partial charge in [0.2, 0.25) is 10.0 Å². The van der Waals surface area contributed by atoms with Crippen LogP contribution in [0.4, 0.5) is 10.5 Å². The smallest absolute Gasteiger partial charge is 0.321 e. The summed E-state index contributed by atoms with van der Waals surface area (Å²) in [5, 5.41) is 9.11. The van der Waals surface area contributed by atoms with Crippen molar-refractivity contribution in [1.29, 1.82) is 0 Å². The van der Waals surface area contributed by atoms with E-state index < -0.39 is 10.0 Å². The predicted octanol–water partition coefficient (Wildman–Crippen LogP) is 1.38. The highest BCUT2D eigenvalue weighted by Gasteiger charge is 2.27. The normalized spacial score (nSPS) is 18.3. The molecule has 0 radical (unpaired) electrons. The molecule has 0 spiro atoms. The van der Waals surface area contributed by atoms with Crippen LogP contribution in [0.25, 0.3) is 0 Å². The van der Waals surface area contributed by atoms with E-state index in [2.05, 4.69) is 20.2 Å². The fraction of sp³-hybridized carbons (Fsp3) is 0.333. The van der Waals surface area contributed by atoms with Gasteiger partial charge in [-0.2, -0.15) is 5.10 Å². The highest BCUT2D eigenvalue weighted by atomic mass is 32.2. The third-order valence-electron chi connectivity index (χ3n) is 3.83. The number of sulfonamides is 1. The zero-order chi connectivity index (χ0) is 17.0. The minimum absolute atomic E-state index is 0.227. The maximum Gasteiger partial charge on any atom is 0.321 e. The lowest BCUT2D eigenvalue weighted by atomic mass is 10.1. The number of benzene rings is 1. The first-order valence-corrected chi connectivity index (χ1v) is 9.15. The van der Waals surface area contributed by atoms with Gasteiger partial charge in [0.1, 0.15) is 0 Å². The number of carbonyl (C=O) groups is 1. The number of aromatic nitrogens is 2. The number of rotatable bonds is 4. The van der Waals surface area contributed by atoms with Crippen molar-refractivity contribution in [3.8, 4) is 0 Å². The van der Waals surface area contributed by atoms with Gasteiger partial charge in [0.05, 0.1) is 16.8 Å². The molecule has 2 aromatic rings. The molecule has 1 aliphatic heterocycles. The van der Waals surface area contributed by atoms with Crippen molar-refractivity contribution < 1.29 is 13.2 Å². The molecule has 1 aliphatic rings. The molecule has 2 heterocycles. The Morgan fingerprint density at radius 3 is 2.79 bits per heavy atom. The van der Waals surface area contributed by atoms with Gasteiger partial charge in [-0.05, 0) is 25.0 Å². The number of hydrogen-bond acceptors (Lipinski definition) is 4. The lowest BCUT2D eigenvalue weighted by molar-refractivity contribution is 0.190. The first-order chi connectivity index (χ1) is 11.5. The third kappa shape index (κ3) is 3.92. The second-order valence-electron chi connectivity index (χ2n) is 5.64. The van der Waals surface area contributed by atoms with Gasteiger partial charge in [-0.3, -0.25) is 5.10 Å². The van der Waals surface area contributed by atoms with E-state index in [0.717, 1.165) is 6.42 Å². The number of piperidine rings is 1. The highest BCUT2D eigenvalue weighted by molar-refractivity contribution is 7.89. The number of anilines is 1. The molecular formula is C15H19N5O3S. The Labute approximate surface area is 140 Å². The summed E-state index contributed by atoms with van der Waals surface area (Å²) in [5.74, 6) is 0. The SMILES string of the molecule is O=C(Nc1cn[nH]c1)N1CCC[C@@H](NS(=O)(=O)c2ccccc2)C1. The Bertz CT molecular complexity index is 777. The Kier molecular flexibility index (Phi) is 4.81. The first-order valence-electron chi connectivity index (χ1n) is 7.67. The minimum atomic E-state index is -3.58. The number of nitrogens with zero attached hydrogens (tertiary/aromatic N) is 2. The van der Waals surface area contributed by atoms with Crippen molar-refractivity contribution in [3.05, 3.63) is 42.7 Å². The van der Waals surface area contributed by atoms with Crippen LogP contribution in [-0.2, 0) is 10.0 Å². The third-order valence-corrected chi connectivity index (χ3v) is 5.37. The zero-order valence-electron chi connectivity index (χ0n) is 13.0. The Morgan fingerprint density at radius 2 is 2.08 bits per heavy atom. The lowest BCUT2D eigenvalue weighted by Gasteiger charge is -2.32. The summed E-state index contributed by atoms with van der Waals surface area (Å²) in [5.41, 5.74) is 0.576. The van der Waals surface area contributed by atoms with Gasteiger partial charge >= 0.3 is 6.03 Å². The van der Waals surface area contributed by atoms with Crippen LogP contribution in [0.2, 0.25) is 0 Å². The van der Waals surface area contributed by atoms with Crippen LogP contribution in [0.3, 0.4) is 0 Å². The van der Waals surface area contributed by atoms with E-state index in [-0.39, 0.29) is 17.0 Å². The second-order valence-corrected chi connectivity index (χ2v) is 7.35. The fourth-order valence-corrected chi connectivity index (χ4v) is 3.95. The number of nitrogens with one attached hydrogen (secondary N) is 3. The summed E-state index contributed by atoms with van der Waals surface area (Å²) in [6, 6.07) is 7.66. The number of amides is 2. The molecule has 128 valence electrons. The maximum atomic E-state index is 12.4. The largest absolute Gasteiger partial charge is 0.323 e. The van der Waals surface area contributed by atoms with Gasteiger partial charge in [-0.1, -0.05) is 18.2 Å². The number of likely N-dealkylation sites (tertiary alicyclic amines) is 1. The van der Waals surface area contributed by atoms with Gasteiger partial charge in [-0.25, -0.2) is 17.9 Å². The molecule has 1 aromatic heterocycles. The Morgan fingerprint density at radius 1 is 1.29 bits per heavy atom. The van der Waals surface area contributed by atoms with Crippen molar-refractivity contribution >= 4 is 21.7 Å². The van der Waals surface area contributed by atoms with Gasteiger partial charge < -0.3 is 10.2 Å². The maximum absolute atomic E-state index is 12.4. The summed E-state index contributed by atoms with van der Waals surface area (Å²) in [4.78, 5) is 14.1. The van der Waals surface area contributed by atoms with Gasteiger partial charge in [0.15, 0.2) is 0 Å². The number of urea groups is 1. The van der Waals surface area contributed by atoms with Gasteiger partial charge in [-0.15, -0.1) is 0 Å². The highest BCUT2D eigenvalue weighted by Crippen LogP contribution is 2.15. The molecule has 8 nitrogen and oxygen atoms in total. The van der Waals surface area contributed by atoms with Crippen LogP contribution in [-0.4, -0.2) is 48.7 Å². The minimum Gasteiger partial charge on any atom is -0.323 e. The van der Waals surface area contributed by atoms with Crippen molar-refractivity contribution in [3.63, 3.8) is 0 Å². The van der Waals surface area contributed by atoms with E-state index in [1.807, 2.05) is 0 Å². The standard InChI is InChI=1S/C15H19N5O3S/c21-15(18-13-9-16-17-10-13)20-8-4-5-12(11-20)19-24(22,23)14-6-2-1-3-7-14/h1-3,6-7,9-10,12,19H,4-5,8,11H2,(H,16,17)(H,18,21)/t12-/m1/s1. The predicted molar refractivity (Wildman–Crippen MR) is 89.0 cm³/mol. The van der Waals surface area contributed by atoms with Crippen molar-refractivity contribution in [2.45, 2.75) is 23.8 Å². The molecule has 9 heteroatoms. The van der Waals surface area contributed by atoms with Crippen LogP contribution in [0, 0.1) is 0 Å². The average Bonchev–Trinajstić information content (AvgIpc) is 3.08. The Balaban J connectivity index is 1.62. The number of aromatic amines is 1. The number of hydrogen-bond donors (Lipinski definition) is 3. The van der Waals surface area contributed by atoms with Crippen LogP contribution in [0.15, 0.2) is 47.6 Å². The van der Waals surface area contributed by atoms with Gasteiger partial charge in [0, 0.05) is 25.3 Å². The summed E-state index contributed by atoms with van der Waals surface area (Å²) >= 11 is 0. The lowest BCUT2D eigenvalue weighted by Crippen LogP contribution is -2.50. The van der Waals surface area contributed by atoms with E-state index in [4.69, 9.17) is 0 Å². The van der Waals surface area contributed by atoms with E-state index in [0.29, 0.717) is 25.2 Å². The van der Waals surface area contributed by atoms with Crippen molar-refractivity contribution in [2.75, 3.05) is 18.4 Å². The molecule has 1 fully saturated rings. The number of H-pyrrole nitrogens is 1. The molecule has 1 atom stereocenters. The second kappa shape index (κ2) is 7.02. The van der Waals surface area contributed by atoms with E-state index in [1.165, 1.54) is 6.20 Å². The first kappa shape index (κ1) is 16.5. The molecular weight excluding hydrogens is 330 g/mol. The molecule has 3 N–H and O–H groups in total. The van der Waals surface area contributed by atoms with Crippen LogP contribution in [0.1, 0.15) is 12.8 Å². The molecule has 0 unspecified atom stereocenters. The van der Waals surface area contributed by atoms with Gasteiger partial charge in [0.25, 0.3) is 0 Å².